The summed E-state index contributed by atoms with van der Waals surface area (Å²) in [6.45, 7) is 2.74. The summed E-state index contributed by atoms with van der Waals surface area (Å²) in [5.41, 5.74) is 7.78. The van der Waals surface area contributed by atoms with Crippen molar-refractivity contribution in [1.29, 1.82) is 0 Å². The molecular formula is C23H35N3O3. The lowest BCUT2D eigenvalue weighted by Crippen LogP contribution is -2.58. The van der Waals surface area contributed by atoms with Gasteiger partial charge in [-0.15, -0.1) is 0 Å². The van der Waals surface area contributed by atoms with Crippen LogP contribution in [0.1, 0.15) is 56.9 Å². The van der Waals surface area contributed by atoms with Gasteiger partial charge in [-0.05, 0) is 50.0 Å². The van der Waals surface area contributed by atoms with Crippen LogP contribution in [0.3, 0.4) is 0 Å². The van der Waals surface area contributed by atoms with Crippen molar-refractivity contribution in [2.75, 3.05) is 26.7 Å². The summed E-state index contributed by atoms with van der Waals surface area (Å²) in [7, 11) is 1.65. The fourth-order valence-electron chi connectivity index (χ4n) is 4.54. The number of likely N-dealkylation sites (N-methyl/N-ethyl adjacent to an activating group) is 1. The molecule has 2 amide bonds. The van der Waals surface area contributed by atoms with Crippen LogP contribution in [0.4, 0.5) is 0 Å². The van der Waals surface area contributed by atoms with Gasteiger partial charge in [0, 0.05) is 26.6 Å². The van der Waals surface area contributed by atoms with E-state index in [4.69, 9.17) is 10.5 Å². The zero-order valence-corrected chi connectivity index (χ0v) is 17.8. The summed E-state index contributed by atoms with van der Waals surface area (Å²) < 4.78 is 6.26. The molecule has 2 aliphatic rings. The molecule has 3 rings (SSSR count). The van der Waals surface area contributed by atoms with Crippen LogP contribution in [0.5, 0.6) is 0 Å². The summed E-state index contributed by atoms with van der Waals surface area (Å²) in [5.74, 6) is 0.468. The Bertz CT molecular complexity index is 673. The number of piperidine rings is 1. The molecule has 1 saturated heterocycles. The molecule has 1 aromatic rings. The van der Waals surface area contributed by atoms with Crippen molar-refractivity contribution in [1.82, 2.24) is 9.80 Å². The van der Waals surface area contributed by atoms with Crippen molar-refractivity contribution in [3.05, 3.63) is 35.9 Å². The van der Waals surface area contributed by atoms with Crippen LogP contribution in [0.2, 0.25) is 0 Å². The highest BCUT2D eigenvalue weighted by molar-refractivity contribution is 5.84. The minimum absolute atomic E-state index is 0.0424. The van der Waals surface area contributed by atoms with E-state index in [0.717, 1.165) is 38.5 Å². The van der Waals surface area contributed by atoms with E-state index in [0.29, 0.717) is 19.1 Å². The highest BCUT2D eigenvalue weighted by atomic mass is 16.5. The lowest BCUT2D eigenvalue weighted by atomic mass is 9.83. The van der Waals surface area contributed by atoms with Gasteiger partial charge in [0.1, 0.15) is 0 Å². The predicted octanol–water partition coefficient (Wildman–Crippen LogP) is 2.53. The molecule has 2 N–H and O–H groups in total. The third-order valence-corrected chi connectivity index (χ3v) is 6.51. The molecule has 29 heavy (non-hydrogen) atoms. The Morgan fingerprint density at radius 1 is 1.14 bits per heavy atom. The number of ether oxygens (including phenoxy) is 1. The van der Waals surface area contributed by atoms with Gasteiger partial charge in [0.05, 0.1) is 25.3 Å². The Morgan fingerprint density at radius 2 is 1.83 bits per heavy atom. The molecule has 6 nitrogen and oxygen atoms in total. The van der Waals surface area contributed by atoms with E-state index in [1.54, 1.807) is 7.05 Å². The lowest BCUT2D eigenvalue weighted by molar-refractivity contribution is -0.143. The number of carbonyl (C=O) groups excluding carboxylic acids is 2. The maximum Gasteiger partial charge on any atom is 0.242 e. The Balaban J connectivity index is 1.51. The first-order valence-electron chi connectivity index (χ1n) is 10.9. The molecule has 1 heterocycles. The number of hydrogen-bond acceptors (Lipinski definition) is 4. The first kappa shape index (κ1) is 21.8. The molecule has 2 fully saturated rings. The normalized spacial score (nSPS) is 27.5. The van der Waals surface area contributed by atoms with Gasteiger partial charge in [-0.3, -0.25) is 9.59 Å². The number of carbonyl (C=O) groups is 2. The van der Waals surface area contributed by atoms with E-state index >= 15 is 0 Å². The number of likely N-dealkylation sites (tertiary alicyclic amines) is 1. The van der Waals surface area contributed by atoms with Crippen LogP contribution in [-0.2, 0) is 14.3 Å². The minimum Gasteiger partial charge on any atom is -0.376 e. The summed E-state index contributed by atoms with van der Waals surface area (Å²) in [6.07, 6.45) is 6.40. The second kappa shape index (κ2) is 10.2. The SMILES string of the molecule is CC(=O)N(C)CC(=O)N1CCC[C@H](N)[C@@H]1CO[C@H]1CC[C@@H](c2ccccc2)CC1. The molecule has 160 valence electrons. The summed E-state index contributed by atoms with van der Waals surface area (Å²) in [6, 6.07) is 10.5. The third kappa shape index (κ3) is 5.80. The number of nitrogens with two attached hydrogens (primary N) is 1. The van der Waals surface area contributed by atoms with E-state index in [-0.39, 0.29) is 36.5 Å². The molecule has 1 aromatic carbocycles. The Labute approximate surface area is 174 Å². The Kier molecular flexibility index (Phi) is 7.67. The van der Waals surface area contributed by atoms with Crippen molar-refractivity contribution in [3.63, 3.8) is 0 Å². The molecule has 6 heteroatoms. The highest BCUT2D eigenvalue weighted by Crippen LogP contribution is 2.34. The minimum atomic E-state index is -0.109. The van der Waals surface area contributed by atoms with E-state index in [1.165, 1.54) is 17.4 Å². The zero-order chi connectivity index (χ0) is 20.8. The van der Waals surface area contributed by atoms with Gasteiger partial charge in [0.25, 0.3) is 0 Å². The maximum atomic E-state index is 12.7. The third-order valence-electron chi connectivity index (χ3n) is 6.51. The van der Waals surface area contributed by atoms with Crippen molar-refractivity contribution >= 4 is 11.8 Å². The van der Waals surface area contributed by atoms with Gasteiger partial charge in [-0.2, -0.15) is 0 Å². The van der Waals surface area contributed by atoms with Crippen molar-refractivity contribution in [2.45, 2.75) is 69.6 Å². The van der Waals surface area contributed by atoms with E-state index in [2.05, 4.69) is 30.3 Å². The molecule has 1 saturated carbocycles. The lowest BCUT2D eigenvalue weighted by Gasteiger charge is -2.41. The van der Waals surface area contributed by atoms with Gasteiger partial charge in [-0.1, -0.05) is 30.3 Å². The molecule has 0 aromatic heterocycles. The molecule has 0 unspecified atom stereocenters. The van der Waals surface area contributed by atoms with Gasteiger partial charge >= 0.3 is 0 Å². The first-order valence-corrected chi connectivity index (χ1v) is 10.9. The molecule has 0 bridgehead atoms. The summed E-state index contributed by atoms with van der Waals surface area (Å²) in [5, 5.41) is 0. The average Bonchev–Trinajstić information content (AvgIpc) is 2.73. The van der Waals surface area contributed by atoms with Crippen LogP contribution in [0.15, 0.2) is 30.3 Å². The topological polar surface area (TPSA) is 75.9 Å². The standard InChI is InChI=1S/C23H35N3O3/c1-17(27)25(2)15-23(28)26-14-6-9-21(24)22(26)16-29-20-12-10-19(11-13-20)18-7-4-3-5-8-18/h3-5,7-8,19-22H,6,9-16,24H2,1-2H3/t19-,20+,21-,22-/m0/s1. The average molecular weight is 402 g/mol. The number of benzene rings is 1. The maximum absolute atomic E-state index is 12.7. The fraction of sp³-hybridized carbons (Fsp3) is 0.652. The number of rotatable bonds is 6. The first-order chi connectivity index (χ1) is 14.0. The van der Waals surface area contributed by atoms with Gasteiger partial charge < -0.3 is 20.3 Å². The highest BCUT2D eigenvalue weighted by Gasteiger charge is 2.34. The van der Waals surface area contributed by atoms with Gasteiger partial charge in [0.2, 0.25) is 11.8 Å². The van der Waals surface area contributed by atoms with E-state index < -0.39 is 0 Å². The molecule has 0 spiro atoms. The molecule has 1 aliphatic heterocycles. The number of amides is 2. The Hall–Kier alpha value is -1.92. The second-order valence-corrected chi connectivity index (χ2v) is 8.55. The zero-order valence-electron chi connectivity index (χ0n) is 17.8. The summed E-state index contributed by atoms with van der Waals surface area (Å²) >= 11 is 0. The number of nitrogens with zero attached hydrogens (tertiary/aromatic N) is 2. The molecule has 2 atom stereocenters. The fourth-order valence-corrected chi connectivity index (χ4v) is 4.54. The van der Waals surface area contributed by atoms with Gasteiger partial charge in [0.15, 0.2) is 0 Å². The van der Waals surface area contributed by atoms with Crippen LogP contribution in [-0.4, -0.2) is 66.5 Å². The smallest absolute Gasteiger partial charge is 0.242 e. The van der Waals surface area contributed by atoms with Crippen LogP contribution >= 0.6 is 0 Å². The van der Waals surface area contributed by atoms with Crippen LogP contribution in [0, 0.1) is 0 Å². The Morgan fingerprint density at radius 3 is 2.48 bits per heavy atom. The molecule has 1 aliphatic carbocycles. The summed E-state index contributed by atoms with van der Waals surface area (Å²) in [4.78, 5) is 27.5. The predicted molar refractivity (Wildman–Crippen MR) is 113 cm³/mol. The van der Waals surface area contributed by atoms with Crippen molar-refractivity contribution in [2.24, 2.45) is 5.73 Å². The van der Waals surface area contributed by atoms with Crippen molar-refractivity contribution < 1.29 is 14.3 Å². The van der Waals surface area contributed by atoms with Gasteiger partial charge in [-0.25, -0.2) is 0 Å². The monoisotopic (exact) mass is 401 g/mol. The van der Waals surface area contributed by atoms with Crippen molar-refractivity contribution in [3.8, 4) is 0 Å². The van der Waals surface area contributed by atoms with E-state index in [1.807, 2.05) is 4.90 Å². The second-order valence-electron chi connectivity index (χ2n) is 8.55. The van der Waals surface area contributed by atoms with E-state index in [9.17, 15) is 9.59 Å². The van der Waals surface area contributed by atoms with Crippen LogP contribution in [0.25, 0.3) is 0 Å². The molecule has 0 radical (unpaired) electrons. The largest absolute Gasteiger partial charge is 0.376 e. The quantitative estimate of drug-likeness (QED) is 0.795. The molecular weight excluding hydrogens is 366 g/mol. The van der Waals surface area contributed by atoms with Crippen LogP contribution < -0.4 is 5.73 Å². The number of hydrogen-bond donors (Lipinski definition) is 1.